The summed E-state index contributed by atoms with van der Waals surface area (Å²) >= 11 is 6.07. The van der Waals surface area contributed by atoms with Crippen molar-refractivity contribution in [3.63, 3.8) is 0 Å². The Morgan fingerprint density at radius 3 is 2.66 bits per heavy atom. The number of hydrogen-bond acceptors (Lipinski definition) is 5. The van der Waals surface area contributed by atoms with Gasteiger partial charge >= 0.3 is 5.97 Å². The molecule has 1 N–H and O–H groups in total. The molecule has 0 aromatic heterocycles. The van der Waals surface area contributed by atoms with Crippen molar-refractivity contribution in [2.45, 2.75) is 38.7 Å². The van der Waals surface area contributed by atoms with Gasteiger partial charge in [0.05, 0.1) is 13.0 Å². The average molecular weight is 462 g/mol. The fourth-order valence-electron chi connectivity index (χ4n) is 3.44. The van der Waals surface area contributed by atoms with Gasteiger partial charge in [-0.05, 0) is 54.8 Å². The van der Waals surface area contributed by atoms with E-state index in [0.717, 1.165) is 32.1 Å². The highest BCUT2D eigenvalue weighted by Gasteiger charge is 2.23. The summed E-state index contributed by atoms with van der Waals surface area (Å²) in [6.07, 6.45) is 7.55. The predicted molar refractivity (Wildman–Crippen MR) is 119 cm³/mol. The van der Waals surface area contributed by atoms with E-state index < -0.39 is 17.7 Å². The number of carbonyl (C=O) groups is 2. The van der Waals surface area contributed by atoms with Crippen LogP contribution in [-0.2, 0) is 21.0 Å². The van der Waals surface area contributed by atoms with Gasteiger partial charge < -0.3 is 14.3 Å². The van der Waals surface area contributed by atoms with E-state index in [2.05, 4.69) is 5.48 Å². The molecule has 0 saturated heterocycles. The molecule has 2 aromatic carbocycles. The van der Waals surface area contributed by atoms with Gasteiger partial charge in [0, 0.05) is 16.7 Å². The highest BCUT2D eigenvalue weighted by atomic mass is 35.5. The molecular formula is C24H25ClFNO5. The number of amides is 1. The Hall–Kier alpha value is -3.06. The molecule has 0 unspecified atom stereocenters. The van der Waals surface area contributed by atoms with Crippen LogP contribution in [0.25, 0.3) is 6.08 Å². The largest absolute Gasteiger partial charge is 0.493 e. The zero-order chi connectivity index (χ0) is 22.9. The van der Waals surface area contributed by atoms with Crippen molar-refractivity contribution in [2.75, 3.05) is 7.11 Å². The number of rotatable bonds is 7. The predicted octanol–water partition coefficient (Wildman–Crippen LogP) is 5.23. The van der Waals surface area contributed by atoms with Gasteiger partial charge in [0.25, 0.3) is 5.91 Å². The Kier molecular flexibility index (Phi) is 8.50. The van der Waals surface area contributed by atoms with Gasteiger partial charge in [-0.1, -0.05) is 36.9 Å². The van der Waals surface area contributed by atoms with Crippen LogP contribution in [0.2, 0.25) is 5.02 Å². The van der Waals surface area contributed by atoms with E-state index in [1.807, 2.05) is 0 Å². The highest BCUT2D eigenvalue weighted by molar-refractivity contribution is 6.31. The number of hydroxylamine groups is 1. The van der Waals surface area contributed by atoms with Gasteiger partial charge in [-0.3, -0.25) is 4.79 Å². The van der Waals surface area contributed by atoms with Crippen molar-refractivity contribution in [3.8, 4) is 11.5 Å². The Bertz CT molecular complexity index is 988. The monoisotopic (exact) mass is 461 g/mol. The van der Waals surface area contributed by atoms with Crippen molar-refractivity contribution < 1.29 is 28.3 Å². The van der Waals surface area contributed by atoms with Crippen molar-refractivity contribution in [3.05, 3.63) is 64.4 Å². The smallest absolute Gasteiger partial charge is 0.335 e. The molecule has 6 nitrogen and oxygen atoms in total. The first-order valence-corrected chi connectivity index (χ1v) is 10.8. The number of carbonyl (C=O) groups excluding carboxylic acids is 2. The van der Waals surface area contributed by atoms with Crippen LogP contribution >= 0.6 is 11.6 Å². The van der Waals surface area contributed by atoms with Gasteiger partial charge in [-0.15, -0.1) is 0 Å². The van der Waals surface area contributed by atoms with Crippen LogP contribution in [0.1, 0.15) is 43.2 Å². The van der Waals surface area contributed by atoms with Gasteiger partial charge in [0.1, 0.15) is 12.4 Å². The first kappa shape index (κ1) is 23.6. The quantitative estimate of drug-likeness (QED) is 0.451. The zero-order valence-corrected chi connectivity index (χ0v) is 18.5. The second-order valence-electron chi connectivity index (χ2n) is 7.49. The topological polar surface area (TPSA) is 73.9 Å². The number of benzene rings is 2. The molecule has 0 aliphatic heterocycles. The number of halogens is 2. The normalized spacial score (nSPS) is 14.2. The second-order valence-corrected chi connectivity index (χ2v) is 7.90. The van der Waals surface area contributed by atoms with E-state index in [0.29, 0.717) is 27.6 Å². The summed E-state index contributed by atoms with van der Waals surface area (Å²) in [7, 11) is 1.49. The molecule has 2 aromatic rings. The summed E-state index contributed by atoms with van der Waals surface area (Å²) in [6.45, 7) is 0.0664. The maximum atomic E-state index is 13.4. The minimum absolute atomic E-state index is 0.0664. The minimum Gasteiger partial charge on any atom is -0.493 e. The third-order valence-electron chi connectivity index (χ3n) is 5.20. The lowest BCUT2D eigenvalue weighted by molar-refractivity contribution is -0.161. The van der Waals surface area contributed by atoms with Crippen LogP contribution in [0, 0.1) is 11.7 Å². The summed E-state index contributed by atoms with van der Waals surface area (Å²) in [5, 5.41) is 0.403. The van der Waals surface area contributed by atoms with Crippen molar-refractivity contribution >= 4 is 29.6 Å². The lowest BCUT2D eigenvalue weighted by atomic mass is 9.89. The summed E-state index contributed by atoms with van der Waals surface area (Å²) in [6, 6.07) is 9.14. The Balaban J connectivity index is 1.55. The molecule has 1 amide bonds. The molecule has 3 rings (SSSR count). The van der Waals surface area contributed by atoms with Crippen LogP contribution < -0.4 is 15.0 Å². The number of nitrogens with one attached hydrogen (secondary N) is 1. The fourth-order valence-corrected chi connectivity index (χ4v) is 3.62. The van der Waals surface area contributed by atoms with Crippen LogP contribution in [0.3, 0.4) is 0 Å². The van der Waals surface area contributed by atoms with Crippen molar-refractivity contribution in [1.82, 2.24) is 5.48 Å². The fraction of sp³-hybridized carbons (Fsp3) is 0.333. The van der Waals surface area contributed by atoms with Gasteiger partial charge in [0.2, 0.25) is 0 Å². The van der Waals surface area contributed by atoms with Gasteiger partial charge in [-0.25, -0.2) is 9.18 Å². The summed E-state index contributed by atoms with van der Waals surface area (Å²) in [5.41, 5.74) is 3.35. The summed E-state index contributed by atoms with van der Waals surface area (Å²) in [4.78, 5) is 28.9. The molecule has 0 atom stereocenters. The molecule has 0 bridgehead atoms. The molecule has 1 aliphatic carbocycles. The van der Waals surface area contributed by atoms with Crippen LogP contribution in [0.15, 0.2) is 42.5 Å². The number of hydrogen-bond donors (Lipinski definition) is 1. The summed E-state index contributed by atoms with van der Waals surface area (Å²) in [5.74, 6) is -0.614. The van der Waals surface area contributed by atoms with Crippen molar-refractivity contribution in [2.24, 2.45) is 5.92 Å². The van der Waals surface area contributed by atoms with Gasteiger partial charge in [-0.2, -0.15) is 5.48 Å². The van der Waals surface area contributed by atoms with E-state index in [9.17, 15) is 14.0 Å². The maximum absolute atomic E-state index is 13.4. The van der Waals surface area contributed by atoms with Gasteiger partial charge in [0.15, 0.2) is 11.5 Å². The number of methoxy groups -OCH3 is 1. The number of ether oxygens (including phenoxy) is 2. The Morgan fingerprint density at radius 1 is 1.12 bits per heavy atom. The zero-order valence-electron chi connectivity index (χ0n) is 17.7. The van der Waals surface area contributed by atoms with Crippen molar-refractivity contribution in [1.29, 1.82) is 0 Å². The van der Waals surface area contributed by atoms with E-state index in [1.54, 1.807) is 24.3 Å². The molecule has 0 spiro atoms. The van der Waals surface area contributed by atoms with Crippen LogP contribution in [-0.4, -0.2) is 19.0 Å². The lowest BCUT2D eigenvalue weighted by Gasteiger charge is -2.19. The molecule has 1 aliphatic rings. The molecule has 8 heteroatoms. The Labute approximate surface area is 191 Å². The average Bonchev–Trinajstić information content (AvgIpc) is 2.82. The van der Waals surface area contributed by atoms with E-state index in [4.69, 9.17) is 25.9 Å². The third-order valence-corrected chi connectivity index (χ3v) is 5.57. The SMILES string of the molecule is COc1cc(/C=C/C(=O)NOC(=O)C2CCCCC2)ccc1OCc1cc(F)ccc1Cl. The van der Waals surface area contributed by atoms with E-state index in [1.165, 1.54) is 31.4 Å². The minimum atomic E-state index is -0.547. The molecule has 1 saturated carbocycles. The van der Waals surface area contributed by atoms with E-state index >= 15 is 0 Å². The van der Waals surface area contributed by atoms with Crippen LogP contribution in [0.5, 0.6) is 11.5 Å². The highest BCUT2D eigenvalue weighted by Crippen LogP contribution is 2.30. The first-order valence-electron chi connectivity index (χ1n) is 10.4. The van der Waals surface area contributed by atoms with Crippen LogP contribution in [0.4, 0.5) is 4.39 Å². The molecule has 0 radical (unpaired) electrons. The third kappa shape index (κ3) is 6.72. The molecular weight excluding hydrogens is 437 g/mol. The molecule has 170 valence electrons. The standard InChI is InChI=1S/C24H25ClFNO5/c1-30-22-13-16(7-11-21(22)31-15-18-14-19(26)9-10-20(18)25)8-12-23(28)27-32-24(29)17-5-3-2-4-6-17/h7-14,17H,2-6,15H2,1H3,(H,27,28)/b12-8+. The molecule has 1 fully saturated rings. The lowest BCUT2D eigenvalue weighted by Crippen LogP contribution is -2.30. The maximum Gasteiger partial charge on any atom is 0.335 e. The summed E-state index contributed by atoms with van der Waals surface area (Å²) < 4.78 is 24.5. The molecule has 0 heterocycles. The Morgan fingerprint density at radius 2 is 1.91 bits per heavy atom. The first-order chi connectivity index (χ1) is 15.5. The van der Waals surface area contributed by atoms with E-state index in [-0.39, 0.29) is 12.5 Å². The second kappa shape index (κ2) is 11.5. The molecule has 32 heavy (non-hydrogen) atoms.